The molecular weight excluding hydrogens is 363 g/mol. The van der Waals surface area contributed by atoms with Crippen LogP contribution in [0, 0.1) is 5.82 Å². The lowest BCUT2D eigenvalue weighted by Crippen LogP contribution is -2.41. The molecule has 0 radical (unpaired) electrons. The summed E-state index contributed by atoms with van der Waals surface area (Å²) in [6.07, 6.45) is 4.63. The van der Waals surface area contributed by atoms with Crippen LogP contribution in [0.5, 0.6) is 0 Å². The summed E-state index contributed by atoms with van der Waals surface area (Å²) in [5.74, 6) is -0.453. The zero-order valence-electron chi connectivity index (χ0n) is 14.6. The average Bonchev–Trinajstić information content (AvgIpc) is 2.69. The zero-order chi connectivity index (χ0) is 18.9. The molecule has 4 rings (SSSR count). The van der Waals surface area contributed by atoms with Crippen molar-refractivity contribution in [2.45, 2.75) is 23.8 Å². The topological polar surface area (TPSA) is 50.3 Å². The van der Waals surface area contributed by atoms with Crippen LogP contribution in [0.1, 0.15) is 22.7 Å². The van der Waals surface area contributed by atoms with E-state index in [0.29, 0.717) is 19.4 Å². The minimum Gasteiger partial charge on any atom is -0.265 e. The van der Waals surface area contributed by atoms with Crippen LogP contribution in [0.15, 0.2) is 78.0 Å². The van der Waals surface area contributed by atoms with E-state index < -0.39 is 15.8 Å². The highest BCUT2D eigenvalue weighted by atomic mass is 32.2. The average molecular weight is 382 g/mol. The third kappa shape index (κ3) is 3.50. The minimum absolute atomic E-state index is 0.114. The largest absolute Gasteiger partial charge is 0.265 e. The van der Waals surface area contributed by atoms with E-state index in [0.717, 1.165) is 11.1 Å². The number of fused-ring (bicyclic) bond motifs is 1. The molecule has 3 aromatic rings. The Kier molecular flexibility index (Phi) is 4.76. The molecule has 0 saturated carbocycles. The molecule has 1 aliphatic rings. The van der Waals surface area contributed by atoms with E-state index in [-0.39, 0.29) is 10.9 Å². The van der Waals surface area contributed by atoms with Gasteiger partial charge < -0.3 is 0 Å². The first-order valence-corrected chi connectivity index (χ1v) is 10.2. The van der Waals surface area contributed by atoms with E-state index in [1.54, 1.807) is 16.7 Å². The maximum atomic E-state index is 13.3. The Morgan fingerprint density at radius 1 is 1.00 bits per heavy atom. The molecule has 1 aliphatic heterocycles. The molecule has 1 aromatic heterocycles. The lowest BCUT2D eigenvalue weighted by Gasteiger charge is -2.36. The fourth-order valence-electron chi connectivity index (χ4n) is 3.61. The van der Waals surface area contributed by atoms with E-state index >= 15 is 0 Å². The van der Waals surface area contributed by atoms with Crippen molar-refractivity contribution in [1.82, 2.24) is 9.29 Å². The molecular formula is C21H19FN2O2S. The van der Waals surface area contributed by atoms with Crippen molar-refractivity contribution in [3.05, 3.63) is 95.6 Å². The number of hydrogen-bond acceptors (Lipinski definition) is 3. The normalized spacial score (nSPS) is 17.4. The number of rotatable bonds is 4. The second kappa shape index (κ2) is 7.21. The van der Waals surface area contributed by atoms with Gasteiger partial charge in [0.2, 0.25) is 10.0 Å². The van der Waals surface area contributed by atoms with Gasteiger partial charge in [0, 0.05) is 18.9 Å². The highest BCUT2D eigenvalue weighted by molar-refractivity contribution is 7.89. The first-order chi connectivity index (χ1) is 13.1. The van der Waals surface area contributed by atoms with Crippen LogP contribution in [0.3, 0.4) is 0 Å². The molecule has 1 atom stereocenters. The SMILES string of the molecule is O=S(=O)(c1ccc(F)cc1)N1CCc2ccccc2C1Cc1ccncc1. The number of benzene rings is 2. The number of halogens is 1. The van der Waals surface area contributed by atoms with E-state index in [9.17, 15) is 12.8 Å². The first kappa shape index (κ1) is 17.8. The summed E-state index contributed by atoms with van der Waals surface area (Å²) in [7, 11) is -3.74. The van der Waals surface area contributed by atoms with Crippen molar-refractivity contribution in [3.63, 3.8) is 0 Å². The fourth-order valence-corrected chi connectivity index (χ4v) is 5.22. The molecule has 0 N–H and O–H groups in total. The molecule has 0 spiro atoms. The van der Waals surface area contributed by atoms with Crippen LogP contribution in [-0.4, -0.2) is 24.3 Å². The predicted octanol–water partition coefficient (Wildman–Crippen LogP) is 3.75. The van der Waals surface area contributed by atoms with Gasteiger partial charge in [-0.15, -0.1) is 0 Å². The number of aromatic nitrogens is 1. The first-order valence-electron chi connectivity index (χ1n) is 8.80. The van der Waals surface area contributed by atoms with Gasteiger partial charge in [-0.25, -0.2) is 12.8 Å². The van der Waals surface area contributed by atoms with Gasteiger partial charge in [-0.2, -0.15) is 4.31 Å². The smallest absolute Gasteiger partial charge is 0.243 e. The summed E-state index contributed by atoms with van der Waals surface area (Å²) in [5.41, 5.74) is 3.21. The molecule has 0 aliphatic carbocycles. The van der Waals surface area contributed by atoms with E-state index in [2.05, 4.69) is 11.1 Å². The van der Waals surface area contributed by atoms with Gasteiger partial charge in [0.05, 0.1) is 10.9 Å². The summed E-state index contributed by atoms with van der Waals surface area (Å²) < 4.78 is 41.4. The molecule has 0 amide bonds. The summed E-state index contributed by atoms with van der Waals surface area (Å²) in [6, 6.07) is 16.5. The van der Waals surface area contributed by atoms with Crippen LogP contribution in [0.4, 0.5) is 4.39 Å². The van der Waals surface area contributed by atoms with Crippen LogP contribution < -0.4 is 0 Å². The Morgan fingerprint density at radius 3 is 2.44 bits per heavy atom. The van der Waals surface area contributed by atoms with E-state index in [1.807, 2.05) is 30.3 Å². The Bertz CT molecular complexity index is 1040. The van der Waals surface area contributed by atoms with Crippen LogP contribution in [0.2, 0.25) is 0 Å². The van der Waals surface area contributed by atoms with Crippen LogP contribution in [0.25, 0.3) is 0 Å². The zero-order valence-corrected chi connectivity index (χ0v) is 15.4. The van der Waals surface area contributed by atoms with Gasteiger partial charge in [0.25, 0.3) is 0 Å². The number of hydrogen-bond donors (Lipinski definition) is 0. The number of nitrogens with zero attached hydrogens (tertiary/aromatic N) is 2. The molecule has 1 unspecified atom stereocenters. The van der Waals surface area contributed by atoms with Crippen molar-refractivity contribution in [1.29, 1.82) is 0 Å². The maximum absolute atomic E-state index is 13.3. The molecule has 0 bridgehead atoms. The second-order valence-electron chi connectivity index (χ2n) is 6.59. The molecule has 0 fully saturated rings. The number of pyridine rings is 1. The van der Waals surface area contributed by atoms with Gasteiger partial charge in [-0.05, 0) is 65.9 Å². The van der Waals surface area contributed by atoms with E-state index in [4.69, 9.17) is 0 Å². The van der Waals surface area contributed by atoms with Crippen molar-refractivity contribution in [3.8, 4) is 0 Å². The van der Waals surface area contributed by atoms with Crippen LogP contribution >= 0.6 is 0 Å². The minimum atomic E-state index is -3.74. The number of sulfonamides is 1. The Balaban J connectivity index is 1.77. The summed E-state index contributed by atoms with van der Waals surface area (Å²) in [6.45, 7) is 0.395. The van der Waals surface area contributed by atoms with Gasteiger partial charge in [0.1, 0.15) is 5.82 Å². The van der Waals surface area contributed by atoms with Gasteiger partial charge in [0.15, 0.2) is 0 Å². The lowest BCUT2D eigenvalue weighted by atomic mass is 9.90. The third-order valence-corrected chi connectivity index (χ3v) is 6.88. The molecule has 4 nitrogen and oxygen atoms in total. The lowest BCUT2D eigenvalue weighted by molar-refractivity contribution is 0.306. The summed E-state index contributed by atoms with van der Waals surface area (Å²) in [4.78, 5) is 4.15. The maximum Gasteiger partial charge on any atom is 0.243 e. The van der Waals surface area contributed by atoms with Crippen molar-refractivity contribution < 1.29 is 12.8 Å². The second-order valence-corrected chi connectivity index (χ2v) is 8.48. The third-order valence-electron chi connectivity index (χ3n) is 4.96. The van der Waals surface area contributed by atoms with Crippen molar-refractivity contribution in [2.24, 2.45) is 0 Å². The standard InChI is InChI=1S/C21H19FN2O2S/c22-18-5-7-19(8-6-18)27(25,26)24-14-11-17-3-1-2-4-20(17)21(24)15-16-9-12-23-13-10-16/h1-10,12-13,21H,11,14-15H2. The molecule has 2 aromatic carbocycles. The molecule has 6 heteroatoms. The Morgan fingerprint density at radius 2 is 1.70 bits per heavy atom. The Labute approximate surface area is 158 Å². The highest BCUT2D eigenvalue weighted by Gasteiger charge is 2.36. The molecule has 0 saturated heterocycles. The predicted molar refractivity (Wildman–Crippen MR) is 101 cm³/mol. The van der Waals surface area contributed by atoms with Gasteiger partial charge >= 0.3 is 0 Å². The fraction of sp³-hybridized carbons (Fsp3) is 0.190. The summed E-state index contributed by atoms with van der Waals surface area (Å²) in [5, 5.41) is 0. The van der Waals surface area contributed by atoms with Crippen molar-refractivity contribution >= 4 is 10.0 Å². The monoisotopic (exact) mass is 382 g/mol. The van der Waals surface area contributed by atoms with E-state index in [1.165, 1.54) is 29.8 Å². The van der Waals surface area contributed by atoms with Gasteiger partial charge in [-0.3, -0.25) is 4.98 Å². The van der Waals surface area contributed by atoms with Crippen LogP contribution in [-0.2, 0) is 22.9 Å². The van der Waals surface area contributed by atoms with Gasteiger partial charge in [-0.1, -0.05) is 24.3 Å². The quantitative estimate of drug-likeness (QED) is 0.691. The van der Waals surface area contributed by atoms with Crippen molar-refractivity contribution in [2.75, 3.05) is 6.54 Å². The summed E-state index contributed by atoms with van der Waals surface area (Å²) >= 11 is 0. The molecule has 27 heavy (non-hydrogen) atoms. The Hall–Kier alpha value is -2.57. The highest BCUT2D eigenvalue weighted by Crippen LogP contribution is 2.36. The molecule has 2 heterocycles. The molecule has 138 valence electrons.